The van der Waals surface area contributed by atoms with Crippen molar-refractivity contribution in [2.24, 2.45) is 0 Å². The highest BCUT2D eigenvalue weighted by Gasteiger charge is 2.24. The molecule has 2 rings (SSSR count). The molecule has 0 bridgehead atoms. The molecule has 0 aromatic heterocycles. The fourth-order valence-corrected chi connectivity index (χ4v) is 2.34. The van der Waals surface area contributed by atoms with E-state index >= 15 is 0 Å². The first-order valence-corrected chi connectivity index (χ1v) is 6.07. The third-order valence-corrected chi connectivity index (χ3v) is 3.49. The summed E-state index contributed by atoms with van der Waals surface area (Å²) in [6.45, 7) is 5.06. The maximum Gasteiger partial charge on any atom is 0.149 e. The summed E-state index contributed by atoms with van der Waals surface area (Å²) in [5.41, 5.74) is 0.0689. The topological polar surface area (TPSA) is 15.3 Å². The molecule has 1 N–H and O–H groups in total. The van der Waals surface area contributed by atoms with Crippen molar-refractivity contribution >= 4 is 11.6 Å². The lowest BCUT2D eigenvalue weighted by atomic mass is 10.0. The first kappa shape index (κ1) is 12.7. The number of nitrogens with one attached hydrogen (secondary N) is 1. The second kappa shape index (κ2) is 5.29. The second-order valence-electron chi connectivity index (χ2n) is 4.22. The van der Waals surface area contributed by atoms with E-state index in [1.165, 1.54) is 12.1 Å². The fraction of sp³-hybridized carbons (Fsp3) is 0.500. The minimum atomic E-state index is -0.641. The molecule has 1 heterocycles. The van der Waals surface area contributed by atoms with E-state index in [4.69, 9.17) is 11.6 Å². The van der Waals surface area contributed by atoms with Gasteiger partial charge in [-0.3, -0.25) is 4.90 Å². The zero-order valence-corrected chi connectivity index (χ0v) is 10.4. The van der Waals surface area contributed by atoms with Gasteiger partial charge in [0, 0.05) is 37.8 Å². The summed E-state index contributed by atoms with van der Waals surface area (Å²) < 4.78 is 27.5. The SMILES string of the molecule is C[C@@H](c1c(F)ccc(Cl)c1F)N1CCNCC1. The molecule has 0 aliphatic carbocycles. The Morgan fingerprint density at radius 2 is 1.94 bits per heavy atom. The summed E-state index contributed by atoms with van der Waals surface area (Å²) in [5, 5.41) is 3.18. The van der Waals surface area contributed by atoms with Crippen molar-refractivity contribution in [1.82, 2.24) is 10.2 Å². The third-order valence-electron chi connectivity index (χ3n) is 3.20. The van der Waals surface area contributed by atoms with Crippen molar-refractivity contribution in [3.05, 3.63) is 34.4 Å². The smallest absolute Gasteiger partial charge is 0.149 e. The number of rotatable bonds is 2. The van der Waals surface area contributed by atoms with Crippen molar-refractivity contribution in [3.63, 3.8) is 0 Å². The lowest BCUT2D eigenvalue weighted by Crippen LogP contribution is -2.44. The molecular weight excluding hydrogens is 246 g/mol. The molecule has 1 fully saturated rings. The van der Waals surface area contributed by atoms with Gasteiger partial charge in [-0.05, 0) is 19.1 Å². The average Bonchev–Trinajstić information content (AvgIpc) is 2.35. The van der Waals surface area contributed by atoms with Gasteiger partial charge in [-0.25, -0.2) is 8.78 Å². The zero-order chi connectivity index (χ0) is 12.4. The van der Waals surface area contributed by atoms with Crippen molar-refractivity contribution < 1.29 is 8.78 Å². The van der Waals surface area contributed by atoms with Crippen molar-refractivity contribution in [2.45, 2.75) is 13.0 Å². The molecule has 0 saturated carbocycles. The molecule has 2 nitrogen and oxygen atoms in total. The maximum absolute atomic E-state index is 13.9. The summed E-state index contributed by atoms with van der Waals surface area (Å²) in [6, 6.07) is 2.18. The Hall–Kier alpha value is -0.710. The van der Waals surface area contributed by atoms with Crippen LogP contribution < -0.4 is 5.32 Å². The van der Waals surface area contributed by atoms with E-state index in [0.717, 1.165) is 26.2 Å². The Labute approximate surface area is 105 Å². The van der Waals surface area contributed by atoms with Gasteiger partial charge >= 0.3 is 0 Å². The van der Waals surface area contributed by atoms with E-state index in [-0.39, 0.29) is 16.6 Å². The predicted molar refractivity (Wildman–Crippen MR) is 64.2 cm³/mol. The van der Waals surface area contributed by atoms with Crippen LogP contribution in [0.4, 0.5) is 8.78 Å². The van der Waals surface area contributed by atoms with Gasteiger partial charge in [0.15, 0.2) is 0 Å². The lowest BCUT2D eigenvalue weighted by Gasteiger charge is -2.33. The molecule has 1 aromatic carbocycles. The largest absolute Gasteiger partial charge is 0.314 e. The standard InChI is InChI=1S/C12H15ClF2N2/c1-8(17-6-4-16-5-7-17)11-10(14)3-2-9(13)12(11)15/h2-3,8,16H,4-7H2,1H3/t8-/m0/s1. The number of hydrogen-bond donors (Lipinski definition) is 1. The number of piperazine rings is 1. The van der Waals surface area contributed by atoms with Crippen LogP contribution in [0.15, 0.2) is 12.1 Å². The van der Waals surface area contributed by atoms with Gasteiger partial charge in [0.1, 0.15) is 11.6 Å². The number of nitrogens with zero attached hydrogens (tertiary/aromatic N) is 1. The summed E-state index contributed by atoms with van der Waals surface area (Å²) in [5.74, 6) is -1.17. The summed E-state index contributed by atoms with van der Waals surface area (Å²) >= 11 is 5.70. The molecule has 5 heteroatoms. The molecule has 17 heavy (non-hydrogen) atoms. The Kier molecular flexibility index (Phi) is 3.97. The maximum atomic E-state index is 13.9. The normalized spacial score (nSPS) is 19.3. The van der Waals surface area contributed by atoms with E-state index in [2.05, 4.69) is 5.32 Å². The molecular formula is C12H15ClF2N2. The molecule has 1 aliphatic rings. The number of hydrogen-bond acceptors (Lipinski definition) is 2. The van der Waals surface area contributed by atoms with Crippen LogP contribution in [0.3, 0.4) is 0 Å². The average molecular weight is 261 g/mol. The van der Waals surface area contributed by atoms with Crippen LogP contribution in [-0.4, -0.2) is 31.1 Å². The fourth-order valence-electron chi connectivity index (χ4n) is 2.18. The molecule has 94 valence electrons. The Bertz CT molecular complexity index is 406. The predicted octanol–water partition coefficient (Wildman–Crippen LogP) is 2.58. The molecule has 1 aliphatic heterocycles. The van der Waals surface area contributed by atoms with E-state index < -0.39 is 11.6 Å². The first-order chi connectivity index (χ1) is 8.11. The quantitative estimate of drug-likeness (QED) is 0.823. The van der Waals surface area contributed by atoms with Crippen LogP contribution in [0.2, 0.25) is 5.02 Å². The Morgan fingerprint density at radius 1 is 1.29 bits per heavy atom. The van der Waals surface area contributed by atoms with Crippen LogP contribution in [0, 0.1) is 11.6 Å². The molecule has 1 saturated heterocycles. The van der Waals surface area contributed by atoms with Crippen LogP contribution in [0.1, 0.15) is 18.5 Å². The third kappa shape index (κ3) is 2.59. The molecule has 0 unspecified atom stereocenters. The van der Waals surface area contributed by atoms with E-state index in [1.54, 1.807) is 0 Å². The van der Waals surface area contributed by atoms with E-state index in [0.29, 0.717) is 0 Å². The Morgan fingerprint density at radius 3 is 2.59 bits per heavy atom. The molecule has 1 aromatic rings. The van der Waals surface area contributed by atoms with E-state index in [1.807, 2.05) is 11.8 Å². The van der Waals surface area contributed by atoms with Gasteiger partial charge in [-0.2, -0.15) is 0 Å². The summed E-state index contributed by atoms with van der Waals surface area (Å²) in [7, 11) is 0. The van der Waals surface area contributed by atoms with Crippen LogP contribution >= 0.6 is 11.6 Å². The van der Waals surface area contributed by atoms with Crippen molar-refractivity contribution in [2.75, 3.05) is 26.2 Å². The minimum absolute atomic E-state index is 0.0246. The first-order valence-electron chi connectivity index (χ1n) is 5.69. The molecule has 1 atom stereocenters. The second-order valence-corrected chi connectivity index (χ2v) is 4.63. The van der Waals surface area contributed by atoms with Gasteiger partial charge in [-0.1, -0.05) is 11.6 Å². The van der Waals surface area contributed by atoms with Crippen LogP contribution in [0.25, 0.3) is 0 Å². The van der Waals surface area contributed by atoms with Gasteiger partial charge in [0.05, 0.1) is 5.02 Å². The lowest BCUT2D eigenvalue weighted by molar-refractivity contribution is 0.179. The van der Waals surface area contributed by atoms with Gasteiger partial charge in [-0.15, -0.1) is 0 Å². The summed E-state index contributed by atoms with van der Waals surface area (Å²) in [4.78, 5) is 2.05. The van der Waals surface area contributed by atoms with Crippen molar-refractivity contribution in [1.29, 1.82) is 0 Å². The molecule has 0 radical (unpaired) electrons. The highest BCUT2D eigenvalue weighted by molar-refractivity contribution is 6.30. The van der Waals surface area contributed by atoms with Gasteiger partial charge < -0.3 is 5.32 Å². The highest BCUT2D eigenvalue weighted by atomic mass is 35.5. The summed E-state index contributed by atoms with van der Waals surface area (Å²) in [6.07, 6.45) is 0. The van der Waals surface area contributed by atoms with Gasteiger partial charge in [0.2, 0.25) is 0 Å². The molecule has 0 spiro atoms. The Balaban J connectivity index is 2.29. The monoisotopic (exact) mass is 260 g/mol. The minimum Gasteiger partial charge on any atom is -0.314 e. The van der Waals surface area contributed by atoms with Crippen LogP contribution in [0.5, 0.6) is 0 Å². The highest BCUT2D eigenvalue weighted by Crippen LogP contribution is 2.29. The molecule has 0 amide bonds. The zero-order valence-electron chi connectivity index (χ0n) is 9.64. The number of halogens is 3. The number of benzene rings is 1. The van der Waals surface area contributed by atoms with Crippen LogP contribution in [-0.2, 0) is 0 Å². The van der Waals surface area contributed by atoms with Crippen molar-refractivity contribution in [3.8, 4) is 0 Å². The van der Waals surface area contributed by atoms with E-state index in [9.17, 15) is 8.78 Å². The van der Waals surface area contributed by atoms with Gasteiger partial charge in [0.25, 0.3) is 0 Å².